The molecular formula is C14H19BrClN. The van der Waals surface area contributed by atoms with Crippen LogP contribution in [-0.2, 0) is 5.88 Å². The van der Waals surface area contributed by atoms with E-state index in [-0.39, 0.29) is 0 Å². The van der Waals surface area contributed by atoms with Crippen LogP contribution >= 0.6 is 27.5 Å². The third-order valence-corrected chi connectivity index (χ3v) is 4.40. The Labute approximate surface area is 117 Å². The van der Waals surface area contributed by atoms with E-state index in [1.807, 2.05) is 0 Å². The van der Waals surface area contributed by atoms with Gasteiger partial charge in [-0.1, -0.05) is 28.4 Å². The monoisotopic (exact) mass is 315 g/mol. The maximum atomic E-state index is 6.03. The van der Waals surface area contributed by atoms with Gasteiger partial charge in [-0.2, -0.15) is 0 Å². The van der Waals surface area contributed by atoms with E-state index < -0.39 is 0 Å². The van der Waals surface area contributed by atoms with Crippen molar-refractivity contribution in [2.24, 2.45) is 5.92 Å². The van der Waals surface area contributed by atoms with Crippen LogP contribution in [0.4, 0.5) is 5.69 Å². The lowest BCUT2D eigenvalue weighted by atomic mass is 9.85. The summed E-state index contributed by atoms with van der Waals surface area (Å²) in [5.41, 5.74) is 2.53. The highest BCUT2D eigenvalue weighted by Crippen LogP contribution is 2.32. The first kappa shape index (κ1) is 13.2. The molecule has 94 valence electrons. The first-order valence-corrected chi connectivity index (χ1v) is 7.66. The Morgan fingerprint density at radius 3 is 2.71 bits per heavy atom. The molecule has 0 N–H and O–H groups in total. The summed E-state index contributed by atoms with van der Waals surface area (Å²) in [5, 5.41) is 0. The first-order valence-electron chi connectivity index (χ1n) is 6.34. The van der Waals surface area contributed by atoms with Crippen molar-refractivity contribution < 1.29 is 0 Å². The number of hydrogen-bond acceptors (Lipinski definition) is 1. The molecule has 0 spiro atoms. The maximum absolute atomic E-state index is 6.03. The second-order valence-electron chi connectivity index (χ2n) is 4.74. The van der Waals surface area contributed by atoms with Gasteiger partial charge in [0.2, 0.25) is 0 Å². The van der Waals surface area contributed by atoms with Gasteiger partial charge < -0.3 is 4.90 Å². The van der Waals surface area contributed by atoms with Crippen LogP contribution in [0, 0.1) is 5.92 Å². The third-order valence-electron chi connectivity index (χ3n) is 3.62. The molecule has 0 heterocycles. The van der Waals surface area contributed by atoms with Gasteiger partial charge in [-0.15, -0.1) is 11.6 Å². The minimum absolute atomic E-state index is 0.587. The zero-order valence-corrected chi connectivity index (χ0v) is 12.6. The average molecular weight is 317 g/mol. The lowest BCUT2D eigenvalue weighted by Crippen LogP contribution is -2.33. The van der Waals surface area contributed by atoms with Crippen molar-refractivity contribution in [3.8, 4) is 0 Å². The van der Waals surface area contributed by atoms with E-state index in [9.17, 15) is 0 Å². The molecule has 1 fully saturated rings. The van der Waals surface area contributed by atoms with Crippen molar-refractivity contribution in [3.63, 3.8) is 0 Å². The fourth-order valence-corrected chi connectivity index (χ4v) is 2.90. The summed E-state index contributed by atoms with van der Waals surface area (Å²) in [4.78, 5) is 2.46. The number of benzene rings is 1. The van der Waals surface area contributed by atoms with Crippen molar-refractivity contribution in [2.75, 3.05) is 18.0 Å². The van der Waals surface area contributed by atoms with Gasteiger partial charge in [0.25, 0.3) is 0 Å². The van der Waals surface area contributed by atoms with Crippen molar-refractivity contribution in [2.45, 2.75) is 32.1 Å². The van der Waals surface area contributed by atoms with Gasteiger partial charge in [-0.05, 0) is 43.4 Å². The Morgan fingerprint density at radius 1 is 1.41 bits per heavy atom. The second-order valence-corrected chi connectivity index (χ2v) is 5.93. The van der Waals surface area contributed by atoms with E-state index in [0.717, 1.165) is 16.9 Å². The van der Waals surface area contributed by atoms with Crippen molar-refractivity contribution in [1.82, 2.24) is 0 Å². The summed E-state index contributed by atoms with van der Waals surface area (Å²) in [6.07, 6.45) is 4.19. The number of anilines is 1. The molecule has 0 aromatic heterocycles. The molecule has 0 unspecified atom stereocenters. The molecule has 1 aliphatic rings. The van der Waals surface area contributed by atoms with Gasteiger partial charge in [0.15, 0.2) is 0 Å². The predicted molar refractivity (Wildman–Crippen MR) is 78.9 cm³/mol. The van der Waals surface area contributed by atoms with Crippen LogP contribution in [-0.4, -0.2) is 13.1 Å². The minimum Gasteiger partial charge on any atom is -0.371 e. The Balaban J connectivity index is 2.18. The normalized spacial score (nSPS) is 15.7. The van der Waals surface area contributed by atoms with E-state index in [4.69, 9.17) is 11.6 Å². The molecule has 0 saturated heterocycles. The number of nitrogens with zero attached hydrogens (tertiary/aromatic N) is 1. The molecule has 1 aliphatic carbocycles. The first-order chi connectivity index (χ1) is 8.24. The summed E-state index contributed by atoms with van der Waals surface area (Å²) in [6, 6.07) is 6.38. The largest absolute Gasteiger partial charge is 0.371 e. The molecule has 1 saturated carbocycles. The molecule has 1 nitrogen and oxygen atoms in total. The molecular weight excluding hydrogens is 298 g/mol. The van der Waals surface area contributed by atoms with Crippen molar-refractivity contribution in [3.05, 3.63) is 28.2 Å². The SMILES string of the molecule is CCN(CC1CCC1)c1cc(Br)ccc1CCl. The lowest BCUT2D eigenvalue weighted by Gasteiger charge is -2.34. The van der Waals surface area contributed by atoms with E-state index in [0.29, 0.717) is 5.88 Å². The summed E-state index contributed by atoms with van der Waals surface area (Å²) >= 11 is 9.58. The second kappa shape index (κ2) is 6.10. The van der Waals surface area contributed by atoms with Crippen molar-refractivity contribution >= 4 is 33.2 Å². The maximum Gasteiger partial charge on any atom is 0.0494 e. The molecule has 0 amide bonds. The molecule has 0 bridgehead atoms. The summed E-state index contributed by atoms with van der Waals surface area (Å²) in [5.74, 6) is 1.47. The quantitative estimate of drug-likeness (QED) is 0.704. The minimum atomic E-state index is 0.587. The number of rotatable bonds is 5. The van der Waals surface area contributed by atoms with Crippen LogP contribution in [0.5, 0.6) is 0 Å². The number of halogens is 2. The lowest BCUT2D eigenvalue weighted by molar-refractivity contribution is 0.318. The van der Waals surface area contributed by atoms with Gasteiger partial charge in [0, 0.05) is 29.1 Å². The Hall–Kier alpha value is -0.210. The summed E-state index contributed by atoms with van der Waals surface area (Å²) in [7, 11) is 0. The van der Waals surface area contributed by atoms with Gasteiger partial charge >= 0.3 is 0 Å². The average Bonchev–Trinajstić information content (AvgIpc) is 2.28. The predicted octanol–water partition coefficient (Wildman–Crippen LogP) is 4.81. The van der Waals surface area contributed by atoms with Gasteiger partial charge in [-0.3, -0.25) is 0 Å². The van der Waals surface area contributed by atoms with Crippen LogP contribution in [0.2, 0.25) is 0 Å². The zero-order valence-electron chi connectivity index (χ0n) is 10.3. The van der Waals surface area contributed by atoms with Crippen LogP contribution in [0.15, 0.2) is 22.7 Å². The highest BCUT2D eigenvalue weighted by atomic mass is 79.9. The fourth-order valence-electron chi connectivity index (χ4n) is 2.33. The molecule has 17 heavy (non-hydrogen) atoms. The Morgan fingerprint density at radius 2 is 2.18 bits per heavy atom. The van der Waals surface area contributed by atoms with E-state index in [2.05, 4.69) is 46.0 Å². The molecule has 0 radical (unpaired) electrons. The number of hydrogen-bond donors (Lipinski definition) is 0. The molecule has 3 heteroatoms. The molecule has 0 aliphatic heterocycles. The summed E-state index contributed by atoms with van der Waals surface area (Å²) in [6.45, 7) is 4.45. The van der Waals surface area contributed by atoms with E-state index in [1.54, 1.807) is 0 Å². The zero-order chi connectivity index (χ0) is 12.3. The third kappa shape index (κ3) is 3.17. The van der Waals surface area contributed by atoms with Crippen molar-refractivity contribution in [1.29, 1.82) is 0 Å². The molecule has 1 aromatic carbocycles. The van der Waals surface area contributed by atoms with Gasteiger partial charge in [0.1, 0.15) is 0 Å². The topological polar surface area (TPSA) is 3.24 Å². The highest BCUT2D eigenvalue weighted by molar-refractivity contribution is 9.10. The standard InChI is InChI=1S/C14H19BrClN/c1-2-17(10-11-4-3-5-11)14-8-13(15)7-6-12(14)9-16/h6-8,11H,2-5,9-10H2,1H3. The van der Waals surface area contributed by atoms with Crippen LogP contribution < -0.4 is 4.90 Å². The van der Waals surface area contributed by atoms with Crippen LogP contribution in [0.1, 0.15) is 31.7 Å². The fraction of sp³-hybridized carbons (Fsp3) is 0.571. The van der Waals surface area contributed by atoms with Crippen LogP contribution in [0.3, 0.4) is 0 Å². The number of alkyl halides is 1. The molecule has 0 atom stereocenters. The molecule has 1 aromatic rings. The smallest absolute Gasteiger partial charge is 0.0494 e. The van der Waals surface area contributed by atoms with Gasteiger partial charge in [0.05, 0.1) is 0 Å². The van der Waals surface area contributed by atoms with Crippen LogP contribution in [0.25, 0.3) is 0 Å². The summed E-state index contributed by atoms with van der Waals surface area (Å²) < 4.78 is 1.13. The highest BCUT2D eigenvalue weighted by Gasteiger charge is 2.21. The molecule has 2 rings (SSSR count). The Bertz CT molecular complexity index is 376. The van der Waals surface area contributed by atoms with E-state index >= 15 is 0 Å². The van der Waals surface area contributed by atoms with E-state index in [1.165, 1.54) is 37.1 Å². The Kier molecular flexibility index (Phi) is 4.75. The van der Waals surface area contributed by atoms with Gasteiger partial charge in [-0.25, -0.2) is 0 Å².